The number of hydrogen-bond donors (Lipinski definition) is 1. The van der Waals surface area contributed by atoms with E-state index in [1.54, 1.807) is 0 Å². The van der Waals surface area contributed by atoms with Crippen molar-refractivity contribution in [3.05, 3.63) is 0 Å². The van der Waals surface area contributed by atoms with Crippen molar-refractivity contribution in [1.82, 2.24) is 9.96 Å². The molecule has 0 amide bonds. The largest absolute Gasteiger partial charge is 0.314 e. The summed E-state index contributed by atoms with van der Waals surface area (Å²) in [5, 5.41) is 10.7. The number of piperidine rings is 2. The van der Waals surface area contributed by atoms with Crippen LogP contribution in [0, 0.1) is 0 Å². The number of rotatable bonds is 1. The third kappa shape index (κ3) is 2.42. The van der Waals surface area contributed by atoms with E-state index in [2.05, 4.69) is 4.90 Å². The van der Waals surface area contributed by atoms with Gasteiger partial charge in [-0.05, 0) is 38.8 Å². The SMILES string of the molecule is ON1CCC(N2CCCCC2)CC1. The molecule has 0 aromatic rings. The van der Waals surface area contributed by atoms with Crippen LogP contribution in [0.1, 0.15) is 32.1 Å². The lowest BCUT2D eigenvalue weighted by atomic mass is 10.0. The van der Waals surface area contributed by atoms with Gasteiger partial charge in [0.25, 0.3) is 0 Å². The van der Waals surface area contributed by atoms with E-state index in [9.17, 15) is 5.21 Å². The minimum atomic E-state index is 0.753. The Morgan fingerprint density at radius 3 is 2.08 bits per heavy atom. The van der Waals surface area contributed by atoms with Crippen molar-refractivity contribution in [2.45, 2.75) is 38.1 Å². The van der Waals surface area contributed by atoms with Crippen molar-refractivity contribution < 1.29 is 5.21 Å². The Morgan fingerprint density at radius 2 is 1.46 bits per heavy atom. The summed E-state index contributed by atoms with van der Waals surface area (Å²) in [6.07, 6.45) is 6.46. The number of nitrogens with zero attached hydrogens (tertiary/aromatic N) is 2. The Bertz CT molecular complexity index is 149. The molecule has 0 bridgehead atoms. The molecule has 0 spiro atoms. The predicted octanol–water partition coefficient (Wildman–Crippen LogP) is 1.33. The van der Waals surface area contributed by atoms with Crippen molar-refractivity contribution in [2.24, 2.45) is 0 Å². The zero-order chi connectivity index (χ0) is 9.10. The number of hydroxylamine groups is 2. The van der Waals surface area contributed by atoms with E-state index in [4.69, 9.17) is 0 Å². The van der Waals surface area contributed by atoms with Crippen LogP contribution in [0.3, 0.4) is 0 Å². The maximum Gasteiger partial charge on any atom is 0.0253 e. The first-order valence-electron chi connectivity index (χ1n) is 5.54. The van der Waals surface area contributed by atoms with E-state index in [0.29, 0.717) is 0 Å². The topological polar surface area (TPSA) is 26.7 Å². The van der Waals surface area contributed by atoms with Crippen LogP contribution in [0.15, 0.2) is 0 Å². The highest BCUT2D eigenvalue weighted by atomic mass is 16.5. The molecule has 1 N–H and O–H groups in total. The van der Waals surface area contributed by atoms with Gasteiger partial charge in [-0.25, -0.2) is 0 Å². The monoisotopic (exact) mass is 184 g/mol. The minimum absolute atomic E-state index is 0.753. The highest BCUT2D eigenvalue weighted by Gasteiger charge is 2.24. The average Bonchev–Trinajstić information content (AvgIpc) is 2.20. The quantitative estimate of drug-likeness (QED) is 0.666. The van der Waals surface area contributed by atoms with E-state index in [0.717, 1.165) is 32.0 Å². The van der Waals surface area contributed by atoms with Crippen LogP contribution in [-0.4, -0.2) is 47.4 Å². The zero-order valence-corrected chi connectivity index (χ0v) is 8.28. The smallest absolute Gasteiger partial charge is 0.0253 e. The first-order chi connectivity index (χ1) is 6.36. The van der Waals surface area contributed by atoms with E-state index in [-0.39, 0.29) is 0 Å². The summed E-state index contributed by atoms with van der Waals surface area (Å²) in [5.74, 6) is 0. The van der Waals surface area contributed by atoms with Crippen molar-refractivity contribution in [3.8, 4) is 0 Å². The molecule has 2 fully saturated rings. The van der Waals surface area contributed by atoms with Crippen molar-refractivity contribution in [2.75, 3.05) is 26.2 Å². The second kappa shape index (κ2) is 4.40. The summed E-state index contributed by atoms with van der Waals surface area (Å²) in [7, 11) is 0. The molecule has 0 atom stereocenters. The van der Waals surface area contributed by atoms with Gasteiger partial charge in [-0.15, -0.1) is 0 Å². The fourth-order valence-corrected chi connectivity index (χ4v) is 2.50. The first-order valence-corrected chi connectivity index (χ1v) is 5.54. The molecule has 2 rings (SSSR count). The van der Waals surface area contributed by atoms with E-state index in [1.807, 2.05) is 0 Å². The summed E-state index contributed by atoms with van der Waals surface area (Å²) in [5.41, 5.74) is 0. The van der Waals surface area contributed by atoms with Crippen molar-refractivity contribution in [1.29, 1.82) is 0 Å². The van der Waals surface area contributed by atoms with Crippen molar-refractivity contribution in [3.63, 3.8) is 0 Å². The molecule has 2 aliphatic rings. The Balaban J connectivity index is 1.79. The summed E-state index contributed by atoms with van der Waals surface area (Å²) >= 11 is 0. The van der Waals surface area contributed by atoms with E-state index in [1.165, 1.54) is 37.4 Å². The van der Waals surface area contributed by atoms with Gasteiger partial charge in [0, 0.05) is 19.1 Å². The maximum absolute atomic E-state index is 9.24. The molecule has 0 aliphatic carbocycles. The zero-order valence-electron chi connectivity index (χ0n) is 8.28. The second-order valence-electron chi connectivity index (χ2n) is 4.28. The van der Waals surface area contributed by atoms with Crippen LogP contribution in [0.2, 0.25) is 0 Å². The van der Waals surface area contributed by atoms with Gasteiger partial charge < -0.3 is 10.1 Å². The summed E-state index contributed by atoms with van der Waals surface area (Å²) in [4.78, 5) is 2.62. The molecule has 0 saturated carbocycles. The van der Waals surface area contributed by atoms with Crippen LogP contribution < -0.4 is 0 Å². The summed E-state index contributed by atoms with van der Waals surface area (Å²) in [6.45, 7) is 4.30. The minimum Gasteiger partial charge on any atom is -0.314 e. The number of hydrogen-bond acceptors (Lipinski definition) is 3. The molecule has 0 aromatic heterocycles. The van der Waals surface area contributed by atoms with Gasteiger partial charge in [0.05, 0.1) is 0 Å². The van der Waals surface area contributed by atoms with Crippen LogP contribution in [0.5, 0.6) is 0 Å². The predicted molar refractivity (Wildman–Crippen MR) is 51.8 cm³/mol. The standard InChI is InChI=1S/C10H20N2O/c13-12-8-4-10(5-9-12)11-6-2-1-3-7-11/h10,13H,1-9H2. The highest BCUT2D eigenvalue weighted by molar-refractivity contribution is 4.79. The van der Waals surface area contributed by atoms with Crippen LogP contribution in [0.4, 0.5) is 0 Å². The third-order valence-corrected chi connectivity index (χ3v) is 3.35. The summed E-state index contributed by atoms with van der Waals surface area (Å²) in [6, 6.07) is 0.753. The van der Waals surface area contributed by atoms with Gasteiger partial charge in [0.15, 0.2) is 0 Å². The van der Waals surface area contributed by atoms with Gasteiger partial charge in [0.2, 0.25) is 0 Å². The normalized spacial score (nSPS) is 29.3. The Hall–Kier alpha value is -0.120. The van der Waals surface area contributed by atoms with Gasteiger partial charge >= 0.3 is 0 Å². The molecule has 2 saturated heterocycles. The molecule has 76 valence electrons. The number of likely N-dealkylation sites (tertiary alicyclic amines) is 1. The van der Waals surface area contributed by atoms with Crippen LogP contribution >= 0.6 is 0 Å². The van der Waals surface area contributed by atoms with Crippen molar-refractivity contribution >= 4 is 0 Å². The van der Waals surface area contributed by atoms with Gasteiger partial charge in [0.1, 0.15) is 0 Å². The van der Waals surface area contributed by atoms with Gasteiger partial charge in [-0.1, -0.05) is 6.42 Å². The fourth-order valence-electron chi connectivity index (χ4n) is 2.50. The van der Waals surface area contributed by atoms with E-state index < -0.39 is 0 Å². The molecule has 2 heterocycles. The molecule has 0 aromatic carbocycles. The molecular formula is C10H20N2O. The molecule has 0 radical (unpaired) electrons. The second-order valence-corrected chi connectivity index (χ2v) is 4.28. The lowest BCUT2D eigenvalue weighted by molar-refractivity contribution is -0.116. The molecule has 3 heteroatoms. The van der Waals surface area contributed by atoms with Gasteiger partial charge in [-0.2, -0.15) is 5.06 Å². The molecule has 2 aliphatic heterocycles. The Labute approximate surface area is 80.3 Å². The molecule has 3 nitrogen and oxygen atoms in total. The fraction of sp³-hybridized carbons (Fsp3) is 1.00. The Morgan fingerprint density at radius 1 is 0.846 bits per heavy atom. The van der Waals surface area contributed by atoms with E-state index >= 15 is 0 Å². The van der Waals surface area contributed by atoms with Crippen LogP contribution in [-0.2, 0) is 0 Å². The first kappa shape index (κ1) is 9.44. The van der Waals surface area contributed by atoms with Crippen LogP contribution in [0.25, 0.3) is 0 Å². The average molecular weight is 184 g/mol. The highest BCUT2D eigenvalue weighted by Crippen LogP contribution is 2.19. The lowest BCUT2D eigenvalue weighted by Crippen LogP contribution is -2.45. The summed E-state index contributed by atoms with van der Waals surface area (Å²) < 4.78 is 0. The van der Waals surface area contributed by atoms with Gasteiger partial charge in [-0.3, -0.25) is 0 Å². The molecule has 0 unspecified atom stereocenters. The lowest BCUT2D eigenvalue weighted by Gasteiger charge is -2.38. The molecule has 13 heavy (non-hydrogen) atoms. The molecular weight excluding hydrogens is 164 g/mol. The maximum atomic E-state index is 9.24. The third-order valence-electron chi connectivity index (χ3n) is 3.35. The Kier molecular flexibility index (Phi) is 3.19.